The number of hydrogen-bond acceptors (Lipinski definition) is 4. The highest BCUT2D eigenvalue weighted by Gasteiger charge is 2.15. The minimum atomic E-state index is -0.426. The molecule has 130 valence electrons. The minimum Gasteiger partial charge on any atom is -0.381 e. The van der Waals surface area contributed by atoms with Crippen molar-refractivity contribution in [2.24, 2.45) is 5.73 Å². The molecule has 0 aliphatic carbocycles. The Bertz CT molecular complexity index is 481. The first-order chi connectivity index (χ1) is 10.7. The van der Waals surface area contributed by atoms with Crippen LogP contribution in [0.2, 0.25) is 0 Å². The molecule has 1 aliphatic rings. The maximum absolute atomic E-state index is 12.0. The lowest BCUT2D eigenvalue weighted by atomic mass is 10.1. The molecule has 0 saturated carbocycles. The molecule has 1 aromatic carbocycles. The lowest BCUT2D eigenvalue weighted by Gasteiger charge is -2.21. The first kappa shape index (κ1) is 20.3. The molecule has 0 bridgehead atoms. The first-order valence-corrected chi connectivity index (χ1v) is 9.08. The van der Waals surface area contributed by atoms with E-state index in [9.17, 15) is 4.79 Å². The number of hydrogen-bond donors (Lipinski definition) is 2. The zero-order valence-electron chi connectivity index (χ0n) is 13.6. The Labute approximate surface area is 149 Å². The van der Waals surface area contributed by atoms with Gasteiger partial charge in [-0.1, -0.05) is 25.5 Å². The average Bonchev–Trinajstić information content (AvgIpc) is 2.54. The Morgan fingerprint density at radius 3 is 2.87 bits per heavy atom. The minimum absolute atomic E-state index is 0. The number of nitrogens with one attached hydrogen (secondary N) is 1. The maximum atomic E-state index is 12.0. The van der Waals surface area contributed by atoms with Crippen LogP contribution in [0.3, 0.4) is 0 Å². The average molecular weight is 359 g/mol. The van der Waals surface area contributed by atoms with Crippen LogP contribution in [0.25, 0.3) is 0 Å². The zero-order valence-corrected chi connectivity index (χ0v) is 15.3. The van der Waals surface area contributed by atoms with Crippen LogP contribution in [0.1, 0.15) is 38.2 Å². The number of amides is 1. The van der Waals surface area contributed by atoms with E-state index in [2.05, 4.69) is 11.4 Å². The second-order valence-corrected chi connectivity index (χ2v) is 7.00. The zero-order chi connectivity index (χ0) is 15.8. The first-order valence-electron chi connectivity index (χ1n) is 8.03. The fourth-order valence-corrected chi connectivity index (χ4v) is 3.61. The number of nitrogens with two attached hydrogens (primary N) is 1. The standard InChI is InChI=1S/C17H26N2O2S.ClH/c1-2-4-16(18)17(20)19-14-6-3-5-13(11-14)12-22-15-7-9-21-10-8-15;/h3,5-6,11,15-16H,2,4,7-10,12,18H2,1H3,(H,19,20);1H. The summed E-state index contributed by atoms with van der Waals surface area (Å²) in [6.45, 7) is 3.79. The smallest absolute Gasteiger partial charge is 0.241 e. The number of rotatable bonds is 7. The topological polar surface area (TPSA) is 64.4 Å². The molecule has 6 heteroatoms. The molecular weight excluding hydrogens is 332 g/mol. The predicted octanol–water partition coefficient (Wildman–Crippen LogP) is 3.59. The summed E-state index contributed by atoms with van der Waals surface area (Å²) in [5.74, 6) is 0.867. The second kappa shape index (κ2) is 10.9. The molecule has 0 aromatic heterocycles. The summed E-state index contributed by atoms with van der Waals surface area (Å²) in [5.41, 5.74) is 7.91. The van der Waals surface area contributed by atoms with Crippen LogP contribution in [-0.2, 0) is 15.3 Å². The highest BCUT2D eigenvalue weighted by Crippen LogP contribution is 2.26. The third-order valence-electron chi connectivity index (χ3n) is 3.78. The van der Waals surface area contributed by atoms with Crippen molar-refractivity contribution in [2.75, 3.05) is 18.5 Å². The van der Waals surface area contributed by atoms with Gasteiger partial charge in [0.15, 0.2) is 0 Å². The SMILES string of the molecule is CCCC(N)C(=O)Nc1cccc(CSC2CCOCC2)c1.Cl. The van der Waals surface area contributed by atoms with E-state index in [1.807, 2.05) is 36.9 Å². The molecule has 1 aromatic rings. The largest absolute Gasteiger partial charge is 0.381 e. The summed E-state index contributed by atoms with van der Waals surface area (Å²) in [6, 6.07) is 7.63. The highest BCUT2D eigenvalue weighted by atomic mass is 35.5. The van der Waals surface area contributed by atoms with E-state index in [0.717, 1.165) is 43.9 Å². The van der Waals surface area contributed by atoms with E-state index in [1.54, 1.807) is 0 Å². The third kappa shape index (κ3) is 7.12. The summed E-state index contributed by atoms with van der Waals surface area (Å²) in [7, 11) is 0. The van der Waals surface area contributed by atoms with Crippen molar-refractivity contribution in [1.82, 2.24) is 0 Å². The number of ether oxygens (including phenoxy) is 1. The van der Waals surface area contributed by atoms with Gasteiger partial charge in [0.25, 0.3) is 0 Å². The number of benzene rings is 1. The fourth-order valence-electron chi connectivity index (χ4n) is 2.47. The lowest BCUT2D eigenvalue weighted by Crippen LogP contribution is -2.35. The van der Waals surface area contributed by atoms with Crippen LogP contribution in [0, 0.1) is 0 Å². The number of halogens is 1. The molecule has 23 heavy (non-hydrogen) atoms. The molecule has 1 saturated heterocycles. The van der Waals surface area contributed by atoms with Crippen LogP contribution >= 0.6 is 24.2 Å². The van der Waals surface area contributed by atoms with Crippen LogP contribution in [-0.4, -0.2) is 30.4 Å². The number of carbonyl (C=O) groups excluding carboxylic acids is 1. The van der Waals surface area contributed by atoms with Gasteiger partial charge >= 0.3 is 0 Å². The molecule has 0 spiro atoms. The Hall–Kier alpha value is -0.750. The van der Waals surface area contributed by atoms with Crippen LogP contribution in [0.4, 0.5) is 5.69 Å². The molecule has 1 aliphatic heterocycles. The molecule has 1 amide bonds. The van der Waals surface area contributed by atoms with Crippen molar-refractivity contribution in [3.63, 3.8) is 0 Å². The Balaban J connectivity index is 0.00000264. The van der Waals surface area contributed by atoms with Crippen molar-refractivity contribution >= 4 is 35.8 Å². The van der Waals surface area contributed by atoms with Gasteiger partial charge in [-0.05, 0) is 37.0 Å². The quantitative estimate of drug-likeness (QED) is 0.781. The third-order valence-corrected chi connectivity index (χ3v) is 5.23. The van der Waals surface area contributed by atoms with E-state index in [0.29, 0.717) is 11.7 Å². The normalized spacial score (nSPS) is 16.4. The molecule has 1 heterocycles. The summed E-state index contributed by atoms with van der Waals surface area (Å²) in [5, 5.41) is 3.60. The number of thioether (sulfide) groups is 1. The van der Waals surface area contributed by atoms with E-state index in [4.69, 9.17) is 10.5 Å². The number of anilines is 1. The molecule has 2 rings (SSSR count). The summed E-state index contributed by atoms with van der Waals surface area (Å²) in [4.78, 5) is 12.0. The molecule has 0 radical (unpaired) electrons. The van der Waals surface area contributed by atoms with E-state index < -0.39 is 6.04 Å². The van der Waals surface area contributed by atoms with E-state index in [1.165, 1.54) is 5.56 Å². The number of carbonyl (C=O) groups is 1. The van der Waals surface area contributed by atoms with Gasteiger partial charge in [-0.25, -0.2) is 0 Å². The van der Waals surface area contributed by atoms with Gasteiger partial charge in [0.05, 0.1) is 6.04 Å². The molecule has 1 fully saturated rings. The van der Waals surface area contributed by atoms with Crippen molar-refractivity contribution in [3.8, 4) is 0 Å². The second-order valence-electron chi connectivity index (χ2n) is 5.71. The fraction of sp³-hybridized carbons (Fsp3) is 0.588. The molecule has 4 nitrogen and oxygen atoms in total. The van der Waals surface area contributed by atoms with Crippen molar-refractivity contribution in [2.45, 2.75) is 49.7 Å². The maximum Gasteiger partial charge on any atom is 0.241 e. The van der Waals surface area contributed by atoms with Gasteiger partial charge in [-0.2, -0.15) is 11.8 Å². The van der Waals surface area contributed by atoms with Gasteiger partial charge in [0.2, 0.25) is 5.91 Å². The van der Waals surface area contributed by atoms with Gasteiger partial charge in [0, 0.05) is 29.9 Å². The van der Waals surface area contributed by atoms with Gasteiger partial charge in [-0.3, -0.25) is 4.79 Å². The van der Waals surface area contributed by atoms with Gasteiger partial charge in [0.1, 0.15) is 0 Å². The van der Waals surface area contributed by atoms with Crippen molar-refractivity contribution in [3.05, 3.63) is 29.8 Å². The summed E-state index contributed by atoms with van der Waals surface area (Å²) in [6.07, 6.45) is 3.89. The molecule has 3 N–H and O–H groups in total. The van der Waals surface area contributed by atoms with Gasteiger partial charge < -0.3 is 15.8 Å². The Morgan fingerprint density at radius 2 is 2.17 bits per heavy atom. The summed E-state index contributed by atoms with van der Waals surface area (Å²) >= 11 is 1.98. The van der Waals surface area contributed by atoms with Crippen molar-refractivity contribution in [1.29, 1.82) is 0 Å². The molecule has 1 unspecified atom stereocenters. The van der Waals surface area contributed by atoms with E-state index in [-0.39, 0.29) is 18.3 Å². The lowest BCUT2D eigenvalue weighted by molar-refractivity contribution is -0.117. The Kier molecular flexibility index (Phi) is 9.63. The summed E-state index contributed by atoms with van der Waals surface area (Å²) < 4.78 is 5.38. The monoisotopic (exact) mass is 358 g/mol. The van der Waals surface area contributed by atoms with Gasteiger partial charge in [-0.15, -0.1) is 12.4 Å². The van der Waals surface area contributed by atoms with Crippen LogP contribution < -0.4 is 11.1 Å². The highest BCUT2D eigenvalue weighted by molar-refractivity contribution is 7.99. The van der Waals surface area contributed by atoms with Crippen molar-refractivity contribution < 1.29 is 9.53 Å². The molecular formula is C17H27ClN2O2S. The van der Waals surface area contributed by atoms with E-state index >= 15 is 0 Å². The molecule has 1 atom stereocenters. The predicted molar refractivity (Wildman–Crippen MR) is 100 cm³/mol. The Morgan fingerprint density at radius 1 is 1.43 bits per heavy atom. The van der Waals surface area contributed by atoms with Crippen LogP contribution in [0.5, 0.6) is 0 Å². The van der Waals surface area contributed by atoms with Crippen LogP contribution in [0.15, 0.2) is 24.3 Å².